The quantitative estimate of drug-likeness (QED) is 0.771. The van der Waals surface area contributed by atoms with E-state index in [1.54, 1.807) is 0 Å². The van der Waals surface area contributed by atoms with Gasteiger partial charge < -0.3 is 11.1 Å². The summed E-state index contributed by atoms with van der Waals surface area (Å²) in [6.07, 6.45) is 1.26. The number of hydrogen-bond acceptors (Lipinski definition) is 2. The normalized spacial score (nSPS) is 11.8. The van der Waals surface area contributed by atoms with Gasteiger partial charge in [0.15, 0.2) is 0 Å². The van der Waals surface area contributed by atoms with Crippen molar-refractivity contribution < 1.29 is 18.4 Å². The molecule has 2 aromatic carbocycles. The predicted molar refractivity (Wildman–Crippen MR) is 90.6 cm³/mol. The average molecular weight is 346 g/mol. The molecule has 4 nitrogen and oxygen atoms in total. The highest BCUT2D eigenvalue weighted by Gasteiger charge is 2.20. The van der Waals surface area contributed by atoms with Crippen molar-refractivity contribution in [3.63, 3.8) is 0 Å². The Balaban J connectivity index is 1.90. The third kappa shape index (κ3) is 5.67. The van der Waals surface area contributed by atoms with E-state index in [4.69, 9.17) is 5.73 Å². The second-order valence-electron chi connectivity index (χ2n) is 5.78. The first-order chi connectivity index (χ1) is 12.0. The molecule has 0 aliphatic heterocycles. The van der Waals surface area contributed by atoms with Gasteiger partial charge in [-0.25, -0.2) is 8.78 Å². The number of nitrogens with two attached hydrogens (primary N) is 1. The minimum Gasteiger partial charge on any atom is -0.368 e. The number of hydrogen-bond donors (Lipinski definition) is 2. The molecule has 0 aliphatic rings. The van der Waals surface area contributed by atoms with Crippen LogP contribution >= 0.6 is 0 Å². The summed E-state index contributed by atoms with van der Waals surface area (Å²) in [5, 5.41) is 2.46. The molecule has 1 atom stereocenters. The lowest BCUT2D eigenvalue weighted by Crippen LogP contribution is -2.45. The lowest BCUT2D eigenvalue weighted by Gasteiger charge is -2.16. The van der Waals surface area contributed by atoms with E-state index in [1.165, 1.54) is 6.07 Å². The Morgan fingerprint density at radius 2 is 1.64 bits per heavy atom. The molecule has 0 radical (unpaired) electrons. The molecule has 0 heterocycles. The number of rotatable bonds is 8. The molecule has 2 rings (SSSR count). The molecule has 0 unspecified atom stereocenters. The van der Waals surface area contributed by atoms with E-state index in [-0.39, 0.29) is 5.56 Å². The SMILES string of the molecule is NC(=O)[C@@H](CCCc1ccccc1)NC(=O)Cc1c(F)cccc1F. The van der Waals surface area contributed by atoms with Crippen LogP contribution in [0.1, 0.15) is 24.0 Å². The van der Waals surface area contributed by atoms with E-state index in [0.29, 0.717) is 12.8 Å². The fourth-order valence-electron chi connectivity index (χ4n) is 2.55. The van der Waals surface area contributed by atoms with Gasteiger partial charge in [-0.3, -0.25) is 9.59 Å². The van der Waals surface area contributed by atoms with Crippen molar-refractivity contribution in [2.45, 2.75) is 31.7 Å². The van der Waals surface area contributed by atoms with Crippen molar-refractivity contribution in [2.24, 2.45) is 5.73 Å². The summed E-state index contributed by atoms with van der Waals surface area (Å²) >= 11 is 0. The second kappa shape index (κ2) is 8.92. The van der Waals surface area contributed by atoms with Crippen LogP contribution in [0.3, 0.4) is 0 Å². The Hall–Kier alpha value is -2.76. The fraction of sp³-hybridized carbons (Fsp3) is 0.263. The first-order valence-electron chi connectivity index (χ1n) is 8.03. The molecule has 0 aliphatic carbocycles. The van der Waals surface area contributed by atoms with Crippen LogP contribution in [0.25, 0.3) is 0 Å². The second-order valence-corrected chi connectivity index (χ2v) is 5.78. The molecule has 3 N–H and O–H groups in total. The summed E-state index contributed by atoms with van der Waals surface area (Å²) < 4.78 is 27.2. The van der Waals surface area contributed by atoms with Crippen molar-refractivity contribution in [1.82, 2.24) is 5.32 Å². The maximum Gasteiger partial charge on any atom is 0.239 e. The third-order valence-electron chi connectivity index (χ3n) is 3.88. The van der Waals surface area contributed by atoms with Gasteiger partial charge in [-0.15, -0.1) is 0 Å². The Bertz CT molecular complexity index is 715. The van der Waals surface area contributed by atoms with Crippen molar-refractivity contribution >= 4 is 11.8 Å². The monoisotopic (exact) mass is 346 g/mol. The Kier molecular flexibility index (Phi) is 6.62. The molecular weight excluding hydrogens is 326 g/mol. The first-order valence-corrected chi connectivity index (χ1v) is 8.03. The Morgan fingerprint density at radius 3 is 2.24 bits per heavy atom. The van der Waals surface area contributed by atoms with Gasteiger partial charge in [0.2, 0.25) is 11.8 Å². The van der Waals surface area contributed by atoms with E-state index >= 15 is 0 Å². The van der Waals surface area contributed by atoms with Crippen LogP contribution in [0.2, 0.25) is 0 Å². The zero-order valence-electron chi connectivity index (χ0n) is 13.7. The van der Waals surface area contributed by atoms with Crippen LogP contribution in [0.15, 0.2) is 48.5 Å². The van der Waals surface area contributed by atoms with Crippen LogP contribution in [0.5, 0.6) is 0 Å². The molecule has 0 saturated carbocycles. The summed E-state index contributed by atoms with van der Waals surface area (Å²) in [5.41, 5.74) is 6.11. The largest absolute Gasteiger partial charge is 0.368 e. The number of carbonyl (C=O) groups excluding carboxylic acids is 2. The van der Waals surface area contributed by atoms with E-state index < -0.39 is 35.9 Å². The maximum atomic E-state index is 13.6. The van der Waals surface area contributed by atoms with Gasteiger partial charge in [0.1, 0.15) is 17.7 Å². The van der Waals surface area contributed by atoms with Crippen LogP contribution < -0.4 is 11.1 Å². The van der Waals surface area contributed by atoms with E-state index in [0.717, 1.165) is 24.1 Å². The summed E-state index contributed by atoms with van der Waals surface area (Å²) in [5.74, 6) is -2.91. The zero-order valence-corrected chi connectivity index (χ0v) is 13.7. The van der Waals surface area contributed by atoms with Gasteiger partial charge in [-0.1, -0.05) is 36.4 Å². The zero-order chi connectivity index (χ0) is 18.2. The number of aryl methyl sites for hydroxylation is 1. The first kappa shape index (κ1) is 18.6. The Labute approximate surface area is 145 Å². The summed E-state index contributed by atoms with van der Waals surface area (Å²) in [4.78, 5) is 23.5. The third-order valence-corrected chi connectivity index (χ3v) is 3.88. The van der Waals surface area contributed by atoms with Crippen LogP contribution in [-0.4, -0.2) is 17.9 Å². The van der Waals surface area contributed by atoms with Crippen LogP contribution in [0.4, 0.5) is 8.78 Å². The summed E-state index contributed by atoms with van der Waals surface area (Å²) in [6.45, 7) is 0. The molecule has 0 bridgehead atoms. The molecular formula is C19H20F2N2O2. The van der Waals surface area contributed by atoms with Gasteiger partial charge in [0, 0.05) is 5.56 Å². The van der Waals surface area contributed by atoms with E-state index in [2.05, 4.69) is 5.32 Å². The molecule has 2 amide bonds. The van der Waals surface area contributed by atoms with Crippen LogP contribution in [-0.2, 0) is 22.4 Å². The highest BCUT2D eigenvalue weighted by atomic mass is 19.1. The molecule has 2 aromatic rings. The van der Waals surface area contributed by atoms with Gasteiger partial charge in [-0.2, -0.15) is 0 Å². The molecule has 0 spiro atoms. The van der Waals surface area contributed by atoms with Gasteiger partial charge in [0.05, 0.1) is 6.42 Å². The minimum atomic E-state index is -0.869. The molecule has 0 aromatic heterocycles. The standard InChI is InChI=1S/C19H20F2N2O2/c20-15-9-5-10-16(21)14(15)12-18(24)23-17(19(22)25)11-4-8-13-6-2-1-3-7-13/h1-3,5-7,9-10,17H,4,8,11-12H2,(H2,22,25)(H,23,24)/t17-/m1/s1. The number of amides is 2. The predicted octanol–water partition coefficient (Wildman–Crippen LogP) is 2.50. The van der Waals surface area contributed by atoms with Gasteiger partial charge in [-0.05, 0) is 37.0 Å². The number of halogens is 2. The molecule has 132 valence electrons. The summed E-state index contributed by atoms with van der Waals surface area (Å²) in [7, 11) is 0. The summed E-state index contributed by atoms with van der Waals surface area (Å²) in [6, 6.07) is 12.2. The number of primary amides is 1. The van der Waals surface area contributed by atoms with E-state index in [1.807, 2.05) is 30.3 Å². The topological polar surface area (TPSA) is 72.2 Å². The lowest BCUT2D eigenvalue weighted by molar-refractivity contribution is -0.127. The number of benzene rings is 2. The maximum absolute atomic E-state index is 13.6. The fourth-order valence-corrected chi connectivity index (χ4v) is 2.55. The number of carbonyl (C=O) groups is 2. The van der Waals surface area contributed by atoms with Crippen molar-refractivity contribution in [3.8, 4) is 0 Å². The van der Waals surface area contributed by atoms with Crippen molar-refractivity contribution in [1.29, 1.82) is 0 Å². The van der Waals surface area contributed by atoms with Crippen molar-refractivity contribution in [2.75, 3.05) is 0 Å². The molecule has 25 heavy (non-hydrogen) atoms. The highest BCUT2D eigenvalue weighted by Crippen LogP contribution is 2.13. The Morgan fingerprint density at radius 1 is 1.00 bits per heavy atom. The highest BCUT2D eigenvalue weighted by molar-refractivity contribution is 5.87. The van der Waals surface area contributed by atoms with Crippen LogP contribution in [0, 0.1) is 11.6 Å². The van der Waals surface area contributed by atoms with Gasteiger partial charge >= 0.3 is 0 Å². The molecule has 6 heteroatoms. The smallest absolute Gasteiger partial charge is 0.239 e. The lowest BCUT2D eigenvalue weighted by atomic mass is 10.0. The van der Waals surface area contributed by atoms with Gasteiger partial charge in [0.25, 0.3) is 0 Å². The van der Waals surface area contributed by atoms with E-state index in [9.17, 15) is 18.4 Å². The van der Waals surface area contributed by atoms with Crippen molar-refractivity contribution in [3.05, 3.63) is 71.3 Å². The molecule has 0 saturated heterocycles. The number of nitrogens with one attached hydrogen (secondary N) is 1. The average Bonchev–Trinajstić information content (AvgIpc) is 2.58. The minimum absolute atomic E-state index is 0.326. The molecule has 0 fully saturated rings.